The molecule has 0 aromatic heterocycles. The summed E-state index contributed by atoms with van der Waals surface area (Å²) in [6.45, 7) is 0. The fourth-order valence-electron chi connectivity index (χ4n) is 1.98. The van der Waals surface area contributed by atoms with E-state index in [2.05, 4.69) is 5.32 Å². The van der Waals surface area contributed by atoms with Gasteiger partial charge in [0.1, 0.15) is 10.6 Å². The summed E-state index contributed by atoms with van der Waals surface area (Å²) in [7, 11) is -2.66. The Morgan fingerprint density at radius 3 is 2.52 bits per heavy atom. The zero-order chi connectivity index (χ0) is 17.0. The van der Waals surface area contributed by atoms with Gasteiger partial charge in [0.2, 0.25) is 10.0 Å². The number of thioether (sulfide) groups is 1. The Bertz CT molecular complexity index is 835. The maximum atomic E-state index is 12.4. The Hall–Kier alpha value is -2.03. The molecule has 0 unspecified atom stereocenters. The Morgan fingerprint density at radius 2 is 1.91 bits per heavy atom. The van der Waals surface area contributed by atoms with Crippen molar-refractivity contribution in [3.63, 3.8) is 0 Å². The summed E-state index contributed by atoms with van der Waals surface area (Å²) in [6.07, 6.45) is 1.90. The van der Waals surface area contributed by atoms with Crippen LogP contribution in [0.5, 0.6) is 5.75 Å². The van der Waals surface area contributed by atoms with Crippen molar-refractivity contribution in [1.82, 2.24) is 0 Å². The van der Waals surface area contributed by atoms with E-state index in [1.165, 1.54) is 37.1 Å². The summed E-state index contributed by atoms with van der Waals surface area (Å²) in [5.74, 6) is -0.340. The highest BCUT2D eigenvalue weighted by Gasteiger charge is 2.18. The van der Waals surface area contributed by atoms with Crippen LogP contribution in [0, 0.1) is 0 Å². The first-order chi connectivity index (χ1) is 10.9. The van der Waals surface area contributed by atoms with E-state index in [-0.39, 0.29) is 16.2 Å². The van der Waals surface area contributed by atoms with Crippen LogP contribution in [0.15, 0.2) is 52.3 Å². The summed E-state index contributed by atoms with van der Waals surface area (Å²) >= 11 is 1.50. The van der Waals surface area contributed by atoms with Crippen LogP contribution >= 0.6 is 11.8 Å². The molecule has 2 aromatic carbocycles. The monoisotopic (exact) mass is 352 g/mol. The molecule has 0 saturated heterocycles. The summed E-state index contributed by atoms with van der Waals surface area (Å²) < 4.78 is 28.2. The van der Waals surface area contributed by atoms with Gasteiger partial charge < -0.3 is 10.1 Å². The third kappa shape index (κ3) is 4.04. The lowest BCUT2D eigenvalue weighted by atomic mass is 10.2. The highest BCUT2D eigenvalue weighted by molar-refractivity contribution is 7.98. The average molecular weight is 352 g/mol. The standard InChI is InChI=1S/C15H16N2O4S2/c1-21-12-8-7-10(9-14(12)23(16,19)20)15(18)17-11-5-3-4-6-13(11)22-2/h3-9H,1-2H3,(H,17,18)(H2,16,19,20). The number of hydrogen-bond donors (Lipinski definition) is 2. The number of amides is 1. The quantitative estimate of drug-likeness (QED) is 0.805. The number of carbonyl (C=O) groups excluding carboxylic acids is 1. The SMILES string of the molecule is COc1ccc(C(=O)Nc2ccccc2SC)cc1S(N)(=O)=O. The minimum absolute atomic E-state index is 0.0913. The van der Waals surface area contributed by atoms with Crippen molar-refractivity contribution in [3.05, 3.63) is 48.0 Å². The molecule has 0 aliphatic carbocycles. The molecule has 3 N–H and O–H groups in total. The van der Waals surface area contributed by atoms with E-state index < -0.39 is 15.9 Å². The molecule has 0 aliphatic rings. The summed E-state index contributed by atoms with van der Waals surface area (Å²) in [5.41, 5.74) is 0.823. The molecule has 0 heterocycles. The van der Waals surface area contributed by atoms with E-state index >= 15 is 0 Å². The minimum Gasteiger partial charge on any atom is -0.495 e. The Kier molecular flexibility index (Phi) is 5.30. The predicted molar refractivity (Wildman–Crippen MR) is 90.5 cm³/mol. The number of para-hydroxylation sites is 1. The van der Waals surface area contributed by atoms with Gasteiger partial charge in [-0.25, -0.2) is 13.6 Å². The molecule has 0 spiro atoms. The number of benzene rings is 2. The minimum atomic E-state index is -4.00. The van der Waals surface area contributed by atoms with Crippen LogP contribution in [-0.2, 0) is 10.0 Å². The van der Waals surface area contributed by atoms with E-state index in [1.807, 2.05) is 18.4 Å². The highest BCUT2D eigenvalue weighted by atomic mass is 32.2. The van der Waals surface area contributed by atoms with Crippen molar-refractivity contribution in [2.75, 3.05) is 18.7 Å². The third-order valence-electron chi connectivity index (χ3n) is 3.09. The predicted octanol–water partition coefficient (Wildman–Crippen LogP) is 2.32. The molecule has 6 nitrogen and oxygen atoms in total. The van der Waals surface area contributed by atoms with Gasteiger partial charge in [0.05, 0.1) is 12.8 Å². The van der Waals surface area contributed by atoms with E-state index in [9.17, 15) is 13.2 Å². The maximum Gasteiger partial charge on any atom is 0.255 e. The van der Waals surface area contributed by atoms with Crippen LogP contribution in [0.25, 0.3) is 0 Å². The molecule has 2 aromatic rings. The van der Waals surface area contributed by atoms with Gasteiger partial charge in [-0.1, -0.05) is 12.1 Å². The molecule has 23 heavy (non-hydrogen) atoms. The van der Waals surface area contributed by atoms with E-state index in [4.69, 9.17) is 9.88 Å². The second-order valence-electron chi connectivity index (χ2n) is 4.57. The second-order valence-corrected chi connectivity index (χ2v) is 6.94. The van der Waals surface area contributed by atoms with E-state index in [1.54, 1.807) is 12.1 Å². The van der Waals surface area contributed by atoms with Gasteiger partial charge in [0.25, 0.3) is 5.91 Å². The van der Waals surface area contributed by atoms with Crippen molar-refractivity contribution < 1.29 is 17.9 Å². The molecule has 0 fully saturated rings. The van der Waals surface area contributed by atoms with Crippen LogP contribution in [0.2, 0.25) is 0 Å². The lowest BCUT2D eigenvalue weighted by Gasteiger charge is -2.11. The van der Waals surface area contributed by atoms with Gasteiger partial charge in [0, 0.05) is 10.5 Å². The maximum absolute atomic E-state index is 12.4. The molecule has 0 bridgehead atoms. The van der Waals surface area contributed by atoms with Crippen molar-refractivity contribution in [2.45, 2.75) is 9.79 Å². The van der Waals surface area contributed by atoms with Crippen molar-refractivity contribution >= 4 is 33.4 Å². The van der Waals surface area contributed by atoms with Crippen molar-refractivity contribution in [3.8, 4) is 5.75 Å². The fraction of sp³-hybridized carbons (Fsp3) is 0.133. The van der Waals surface area contributed by atoms with E-state index in [0.717, 1.165) is 4.90 Å². The molecular formula is C15H16N2O4S2. The first kappa shape index (κ1) is 17.3. The van der Waals surface area contributed by atoms with Crippen LogP contribution in [-0.4, -0.2) is 27.7 Å². The molecular weight excluding hydrogens is 336 g/mol. The first-order valence-electron chi connectivity index (χ1n) is 6.52. The van der Waals surface area contributed by atoms with Gasteiger partial charge in [0.15, 0.2) is 0 Å². The molecule has 0 radical (unpaired) electrons. The number of nitrogens with two attached hydrogens (primary N) is 1. The largest absolute Gasteiger partial charge is 0.495 e. The highest BCUT2D eigenvalue weighted by Crippen LogP contribution is 2.27. The molecule has 8 heteroatoms. The van der Waals surface area contributed by atoms with Gasteiger partial charge in [-0.15, -0.1) is 11.8 Å². The number of sulfonamides is 1. The molecule has 0 atom stereocenters. The number of primary sulfonamides is 1. The Labute approximate surface area is 139 Å². The number of hydrogen-bond acceptors (Lipinski definition) is 5. The van der Waals surface area contributed by atoms with E-state index in [0.29, 0.717) is 5.69 Å². The van der Waals surface area contributed by atoms with Gasteiger partial charge >= 0.3 is 0 Å². The molecule has 122 valence electrons. The number of methoxy groups -OCH3 is 1. The number of anilines is 1. The summed E-state index contributed by atoms with van der Waals surface area (Å²) in [4.78, 5) is 13.0. The molecule has 2 rings (SSSR count). The molecule has 0 saturated carbocycles. The number of carbonyl (C=O) groups is 1. The third-order valence-corrected chi connectivity index (χ3v) is 4.82. The van der Waals surface area contributed by atoms with Crippen LogP contribution in [0.3, 0.4) is 0 Å². The Balaban J connectivity index is 2.37. The van der Waals surface area contributed by atoms with Crippen molar-refractivity contribution in [1.29, 1.82) is 0 Å². The summed E-state index contributed by atoms with van der Waals surface area (Å²) in [6, 6.07) is 11.4. The lowest BCUT2D eigenvalue weighted by molar-refractivity contribution is 0.102. The van der Waals surface area contributed by atoms with Crippen LogP contribution in [0.1, 0.15) is 10.4 Å². The zero-order valence-electron chi connectivity index (χ0n) is 12.6. The van der Waals surface area contributed by atoms with Crippen LogP contribution in [0.4, 0.5) is 5.69 Å². The van der Waals surface area contributed by atoms with Gasteiger partial charge in [-0.3, -0.25) is 4.79 Å². The topological polar surface area (TPSA) is 98.5 Å². The second kappa shape index (κ2) is 7.03. The molecule has 0 aliphatic heterocycles. The van der Waals surface area contributed by atoms with Gasteiger partial charge in [-0.05, 0) is 36.6 Å². The van der Waals surface area contributed by atoms with Crippen LogP contribution < -0.4 is 15.2 Å². The molecule has 1 amide bonds. The first-order valence-corrected chi connectivity index (χ1v) is 9.29. The normalized spacial score (nSPS) is 11.1. The van der Waals surface area contributed by atoms with Crippen molar-refractivity contribution in [2.24, 2.45) is 5.14 Å². The Morgan fingerprint density at radius 1 is 1.22 bits per heavy atom. The number of rotatable bonds is 5. The average Bonchev–Trinajstić information content (AvgIpc) is 2.53. The van der Waals surface area contributed by atoms with Gasteiger partial charge in [-0.2, -0.15) is 0 Å². The zero-order valence-corrected chi connectivity index (χ0v) is 14.2. The number of nitrogens with one attached hydrogen (secondary N) is 1. The number of ether oxygens (including phenoxy) is 1. The smallest absolute Gasteiger partial charge is 0.255 e. The summed E-state index contributed by atoms with van der Waals surface area (Å²) in [5, 5.41) is 7.92. The lowest BCUT2D eigenvalue weighted by Crippen LogP contribution is -2.17. The fourth-order valence-corrected chi connectivity index (χ4v) is 3.26.